The number of nitrogen functional groups attached to an aromatic ring is 1. The van der Waals surface area contributed by atoms with Crippen molar-refractivity contribution in [3.05, 3.63) is 11.9 Å². The zero-order valence-corrected chi connectivity index (χ0v) is 7.12. The lowest BCUT2D eigenvalue weighted by Crippen LogP contribution is -2.13. The van der Waals surface area contributed by atoms with Crippen molar-refractivity contribution >= 4 is 19.3 Å². The largest absolute Gasteiger partial charge is 0.381 e. The van der Waals surface area contributed by atoms with E-state index in [0.717, 1.165) is 0 Å². The molecule has 2 rings (SSSR count). The standard InChI is InChI=1S/C9H8BN3/c10-8-5-12-9(11)7(13-8)4-3-6-1-2-6/h5-6H,1-2H2,(H2,11,12). The predicted molar refractivity (Wildman–Crippen MR) is 51.4 cm³/mol. The van der Waals surface area contributed by atoms with Gasteiger partial charge in [0.25, 0.3) is 0 Å². The van der Waals surface area contributed by atoms with Gasteiger partial charge in [-0.25, -0.2) is 4.98 Å². The molecule has 4 heteroatoms. The first kappa shape index (κ1) is 8.12. The minimum atomic E-state index is 0.349. The van der Waals surface area contributed by atoms with E-state index in [1.807, 2.05) is 0 Å². The molecular weight excluding hydrogens is 161 g/mol. The van der Waals surface area contributed by atoms with Gasteiger partial charge >= 0.3 is 0 Å². The number of nitrogens with zero attached hydrogens (tertiary/aromatic N) is 2. The summed E-state index contributed by atoms with van der Waals surface area (Å²) in [4.78, 5) is 7.85. The van der Waals surface area contributed by atoms with Crippen molar-refractivity contribution in [2.45, 2.75) is 12.8 Å². The Labute approximate surface area is 78.2 Å². The first-order valence-corrected chi connectivity index (χ1v) is 4.15. The van der Waals surface area contributed by atoms with Crippen LogP contribution in [0.3, 0.4) is 0 Å². The summed E-state index contributed by atoms with van der Waals surface area (Å²) in [7, 11) is 5.45. The van der Waals surface area contributed by atoms with E-state index >= 15 is 0 Å². The summed E-state index contributed by atoms with van der Waals surface area (Å²) in [5.74, 6) is 6.82. The Balaban J connectivity index is 2.28. The van der Waals surface area contributed by atoms with Gasteiger partial charge in [-0.2, -0.15) is 0 Å². The Hall–Kier alpha value is -1.50. The summed E-state index contributed by atoms with van der Waals surface area (Å²) in [5.41, 5.74) is 6.41. The molecule has 0 saturated heterocycles. The first-order valence-electron chi connectivity index (χ1n) is 4.15. The molecule has 13 heavy (non-hydrogen) atoms. The lowest BCUT2D eigenvalue weighted by molar-refractivity contribution is 1.17. The number of hydrogen-bond acceptors (Lipinski definition) is 3. The molecule has 0 amide bonds. The van der Waals surface area contributed by atoms with E-state index in [-0.39, 0.29) is 0 Å². The number of aromatic nitrogens is 2. The van der Waals surface area contributed by atoms with Crippen molar-refractivity contribution in [3.8, 4) is 11.8 Å². The molecular formula is C9H8BN3. The molecule has 1 fully saturated rings. The molecule has 1 aliphatic carbocycles. The van der Waals surface area contributed by atoms with Crippen LogP contribution in [0.5, 0.6) is 0 Å². The van der Waals surface area contributed by atoms with E-state index in [0.29, 0.717) is 23.0 Å². The van der Waals surface area contributed by atoms with Gasteiger partial charge in [-0.1, -0.05) is 5.92 Å². The third-order valence-corrected chi connectivity index (χ3v) is 1.79. The summed E-state index contributed by atoms with van der Waals surface area (Å²) >= 11 is 0. The fourth-order valence-corrected chi connectivity index (χ4v) is 0.902. The Morgan fingerprint density at radius 2 is 2.31 bits per heavy atom. The van der Waals surface area contributed by atoms with Crippen LogP contribution in [0.25, 0.3) is 0 Å². The van der Waals surface area contributed by atoms with E-state index in [1.54, 1.807) is 0 Å². The van der Waals surface area contributed by atoms with Gasteiger partial charge in [-0.15, -0.1) is 0 Å². The van der Waals surface area contributed by atoms with Crippen molar-refractivity contribution in [2.24, 2.45) is 5.92 Å². The second-order valence-electron chi connectivity index (χ2n) is 3.07. The highest BCUT2D eigenvalue weighted by molar-refractivity contribution is 6.30. The van der Waals surface area contributed by atoms with E-state index in [2.05, 4.69) is 21.8 Å². The Morgan fingerprint density at radius 3 is 3.00 bits per heavy atom. The fourth-order valence-electron chi connectivity index (χ4n) is 0.902. The highest BCUT2D eigenvalue weighted by Gasteiger charge is 2.17. The van der Waals surface area contributed by atoms with Gasteiger partial charge in [0.15, 0.2) is 11.5 Å². The van der Waals surface area contributed by atoms with Crippen molar-refractivity contribution in [1.29, 1.82) is 0 Å². The first-order chi connectivity index (χ1) is 6.25. The van der Waals surface area contributed by atoms with Crippen LogP contribution in [-0.4, -0.2) is 17.8 Å². The molecule has 3 nitrogen and oxygen atoms in total. The Kier molecular flexibility index (Phi) is 1.93. The monoisotopic (exact) mass is 169 g/mol. The molecule has 1 aromatic heterocycles. The molecule has 2 N–H and O–H groups in total. The molecule has 0 atom stereocenters. The highest BCUT2D eigenvalue weighted by atomic mass is 14.9. The van der Waals surface area contributed by atoms with Crippen molar-refractivity contribution in [3.63, 3.8) is 0 Å². The van der Waals surface area contributed by atoms with Crippen LogP contribution < -0.4 is 11.3 Å². The molecule has 2 radical (unpaired) electrons. The summed E-state index contributed by atoms with van der Waals surface area (Å²) in [6.45, 7) is 0. The van der Waals surface area contributed by atoms with Crippen LogP contribution in [0, 0.1) is 17.8 Å². The molecule has 0 bridgehead atoms. The average molecular weight is 169 g/mol. The zero-order valence-electron chi connectivity index (χ0n) is 7.12. The summed E-state index contributed by atoms with van der Waals surface area (Å²) < 4.78 is 0. The van der Waals surface area contributed by atoms with Gasteiger partial charge < -0.3 is 5.73 Å². The molecule has 1 aliphatic rings. The lowest BCUT2D eigenvalue weighted by Gasteiger charge is -1.96. The van der Waals surface area contributed by atoms with E-state index < -0.39 is 0 Å². The summed E-state index contributed by atoms with van der Waals surface area (Å²) in [6.07, 6.45) is 3.79. The van der Waals surface area contributed by atoms with E-state index in [4.69, 9.17) is 13.6 Å². The number of rotatable bonds is 0. The van der Waals surface area contributed by atoms with E-state index in [9.17, 15) is 0 Å². The summed E-state index contributed by atoms with van der Waals surface area (Å²) in [5, 5.41) is 0. The van der Waals surface area contributed by atoms with Gasteiger partial charge in [0, 0.05) is 17.7 Å². The lowest BCUT2D eigenvalue weighted by atomic mass is 10.1. The Morgan fingerprint density at radius 1 is 1.54 bits per heavy atom. The van der Waals surface area contributed by atoms with E-state index in [1.165, 1.54) is 19.0 Å². The topological polar surface area (TPSA) is 51.8 Å². The number of hydrogen-bond donors (Lipinski definition) is 1. The molecule has 1 heterocycles. The maximum absolute atomic E-state index is 5.56. The second kappa shape index (κ2) is 3.10. The smallest absolute Gasteiger partial charge is 0.158 e. The van der Waals surface area contributed by atoms with Gasteiger partial charge in [0.2, 0.25) is 0 Å². The maximum atomic E-state index is 5.56. The molecule has 0 spiro atoms. The predicted octanol–water partition coefficient (Wildman–Crippen LogP) is -0.386. The van der Waals surface area contributed by atoms with Crippen LogP contribution in [-0.2, 0) is 0 Å². The number of nitrogens with two attached hydrogens (primary N) is 1. The SMILES string of the molecule is [B]c1cnc(N)c(C#CC2CC2)n1. The maximum Gasteiger partial charge on any atom is 0.158 e. The fraction of sp³-hybridized carbons (Fsp3) is 0.333. The molecule has 1 saturated carbocycles. The summed E-state index contributed by atoms with van der Waals surface area (Å²) in [6, 6.07) is 0. The van der Waals surface area contributed by atoms with Crippen LogP contribution in [0.15, 0.2) is 6.20 Å². The minimum Gasteiger partial charge on any atom is -0.381 e. The highest BCUT2D eigenvalue weighted by Crippen LogP contribution is 2.27. The second-order valence-corrected chi connectivity index (χ2v) is 3.07. The normalized spacial score (nSPS) is 14.8. The molecule has 0 unspecified atom stereocenters. The quantitative estimate of drug-likeness (QED) is 0.425. The molecule has 0 aromatic carbocycles. The molecule has 1 aromatic rings. The minimum absolute atomic E-state index is 0.349. The third-order valence-electron chi connectivity index (χ3n) is 1.79. The van der Waals surface area contributed by atoms with Crippen LogP contribution in [0.1, 0.15) is 18.5 Å². The van der Waals surface area contributed by atoms with Gasteiger partial charge in [0.05, 0.1) is 0 Å². The van der Waals surface area contributed by atoms with Gasteiger partial charge in [0.1, 0.15) is 7.85 Å². The van der Waals surface area contributed by atoms with Gasteiger partial charge in [-0.3, -0.25) is 4.98 Å². The van der Waals surface area contributed by atoms with Crippen LogP contribution in [0.2, 0.25) is 0 Å². The average Bonchev–Trinajstić information content (AvgIpc) is 2.90. The number of anilines is 1. The third kappa shape index (κ3) is 2.00. The van der Waals surface area contributed by atoms with Crippen LogP contribution >= 0.6 is 0 Å². The van der Waals surface area contributed by atoms with Crippen molar-refractivity contribution in [2.75, 3.05) is 5.73 Å². The van der Waals surface area contributed by atoms with Gasteiger partial charge in [-0.05, 0) is 18.8 Å². The molecule has 62 valence electrons. The zero-order chi connectivity index (χ0) is 9.26. The Bertz CT molecular complexity index is 388. The van der Waals surface area contributed by atoms with Crippen molar-refractivity contribution < 1.29 is 0 Å². The van der Waals surface area contributed by atoms with Crippen LogP contribution in [0.4, 0.5) is 5.82 Å². The molecule has 0 aliphatic heterocycles. The van der Waals surface area contributed by atoms with Crippen molar-refractivity contribution in [1.82, 2.24) is 9.97 Å².